The van der Waals surface area contributed by atoms with Gasteiger partial charge in [0.1, 0.15) is 6.29 Å². The van der Waals surface area contributed by atoms with Gasteiger partial charge in [-0.3, -0.25) is 15.0 Å². The molecule has 0 bridgehead atoms. The van der Waals surface area contributed by atoms with Crippen LogP contribution in [0.5, 0.6) is 0 Å². The van der Waals surface area contributed by atoms with Gasteiger partial charge in [0.2, 0.25) is 5.91 Å². The van der Waals surface area contributed by atoms with Crippen molar-refractivity contribution in [1.82, 2.24) is 26.0 Å². The van der Waals surface area contributed by atoms with E-state index in [0.29, 0.717) is 0 Å². The number of hydrogen-bond donors (Lipinski definition) is 4. The first-order chi connectivity index (χ1) is 13.1. The molecule has 3 rings (SSSR count). The minimum atomic E-state index is -4.24. The van der Waals surface area contributed by atoms with E-state index in [1.807, 2.05) is 30.9 Å². The van der Waals surface area contributed by atoms with Crippen molar-refractivity contribution < 1.29 is 23.1 Å². The predicted molar refractivity (Wildman–Crippen MR) is 96.5 cm³/mol. The lowest BCUT2D eigenvalue weighted by molar-refractivity contribution is -0.133. The highest BCUT2D eigenvalue weighted by Crippen LogP contribution is 2.32. The Balaban J connectivity index is 1.80. The van der Waals surface area contributed by atoms with E-state index >= 15 is 0 Å². The van der Waals surface area contributed by atoms with Crippen molar-refractivity contribution in [1.29, 1.82) is 0 Å². The molecule has 1 aromatic carbocycles. The number of aliphatic hydroxyl groups is 1. The maximum atomic E-state index is 12.6. The summed E-state index contributed by atoms with van der Waals surface area (Å²) in [5, 5.41) is 17.8. The molecule has 28 heavy (non-hydrogen) atoms. The number of aliphatic hydroxyl groups excluding tert-OH is 1. The van der Waals surface area contributed by atoms with E-state index in [1.165, 1.54) is 12.1 Å². The highest BCUT2D eigenvalue weighted by Gasteiger charge is 2.51. The van der Waals surface area contributed by atoms with Gasteiger partial charge in [0.05, 0.1) is 31.2 Å². The van der Waals surface area contributed by atoms with Gasteiger partial charge in [-0.25, -0.2) is 10.4 Å². The molecule has 7 nitrogen and oxygen atoms in total. The summed E-state index contributed by atoms with van der Waals surface area (Å²) in [4.78, 5) is 14.4. The lowest BCUT2D eigenvalue weighted by Crippen LogP contribution is -2.68. The Kier molecular flexibility index (Phi) is 5.97. The van der Waals surface area contributed by atoms with Crippen molar-refractivity contribution in [2.75, 3.05) is 20.7 Å². The lowest BCUT2D eigenvalue weighted by atomic mass is 9.95. The predicted octanol–water partition coefficient (Wildman–Crippen LogP) is 0.540. The number of hydrogen-bond acceptors (Lipinski definition) is 6. The van der Waals surface area contributed by atoms with Crippen LogP contribution in [0, 0.1) is 5.92 Å². The van der Waals surface area contributed by atoms with Crippen molar-refractivity contribution in [3.05, 3.63) is 35.4 Å². The molecule has 1 amide bonds. The average Bonchev–Trinajstić information content (AvgIpc) is 2.99. The van der Waals surface area contributed by atoms with E-state index in [0.717, 1.165) is 5.56 Å². The van der Waals surface area contributed by atoms with E-state index in [1.54, 1.807) is 12.1 Å². The molecule has 0 spiro atoms. The molecule has 2 aliphatic rings. The molecule has 0 saturated carbocycles. The molecule has 0 aromatic heterocycles. The van der Waals surface area contributed by atoms with Crippen molar-refractivity contribution in [2.24, 2.45) is 5.92 Å². The Morgan fingerprint density at radius 1 is 1.25 bits per heavy atom. The van der Waals surface area contributed by atoms with Gasteiger partial charge >= 0.3 is 6.18 Å². The van der Waals surface area contributed by atoms with Crippen LogP contribution < -0.4 is 16.1 Å². The van der Waals surface area contributed by atoms with Gasteiger partial charge in [-0.15, -0.1) is 0 Å². The van der Waals surface area contributed by atoms with Crippen LogP contribution in [-0.2, 0) is 11.2 Å². The molecule has 4 N–H and O–H groups in total. The van der Waals surface area contributed by atoms with Crippen molar-refractivity contribution in [3.8, 4) is 0 Å². The molecule has 5 atom stereocenters. The summed E-state index contributed by atoms with van der Waals surface area (Å²) in [6.45, 7) is 1.69. The summed E-state index contributed by atoms with van der Waals surface area (Å²) in [5.74, 6) is -0.655. The molecule has 10 heteroatoms. The summed E-state index contributed by atoms with van der Waals surface area (Å²) in [6.07, 6.45) is -5.95. The summed E-state index contributed by atoms with van der Waals surface area (Å²) in [7, 11) is 3.66. The standard InChI is InChI=1S/C18H26F3N5O2/c1-10(12-6-4-11(5-7-12)8-18(19,20)21)26-15-14(13(9-27)24-26)16(28)23-17(22-15)25(2)3/h4-7,10,13-15,17,22,24,27H,8-9H2,1-3H3,(H,23,28). The fourth-order valence-corrected chi connectivity index (χ4v) is 3.78. The number of alkyl halides is 3. The number of rotatable bonds is 5. The van der Waals surface area contributed by atoms with Crippen LogP contribution in [0.25, 0.3) is 0 Å². The van der Waals surface area contributed by atoms with E-state index in [9.17, 15) is 23.1 Å². The minimum Gasteiger partial charge on any atom is -0.395 e. The monoisotopic (exact) mass is 401 g/mol. The fraction of sp³-hybridized carbons (Fsp3) is 0.611. The molecular formula is C18H26F3N5O2. The zero-order chi connectivity index (χ0) is 20.6. The Morgan fingerprint density at radius 2 is 1.89 bits per heavy atom. The second-order valence-corrected chi connectivity index (χ2v) is 7.55. The van der Waals surface area contributed by atoms with Crippen molar-refractivity contribution in [3.63, 3.8) is 0 Å². The highest BCUT2D eigenvalue weighted by atomic mass is 19.4. The maximum absolute atomic E-state index is 12.6. The number of halogens is 3. The molecule has 0 radical (unpaired) electrons. The lowest BCUT2D eigenvalue weighted by Gasteiger charge is -2.41. The summed E-state index contributed by atoms with van der Waals surface area (Å²) < 4.78 is 37.7. The van der Waals surface area contributed by atoms with Crippen LogP contribution in [0.1, 0.15) is 24.1 Å². The van der Waals surface area contributed by atoms with Gasteiger partial charge in [0.25, 0.3) is 0 Å². The normalized spacial score (nSPS) is 29.6. The van der Waals surface area contributed by atoms with Crippen molar-refractivity contribution >= 4 is 5.91 Å². The third-order valence-electron chi connectivity index (χ3n) is 5.30. The molecule has 5 unspecified atom stereocenters. The number of nitrogens with zero attached hydrogens (tertiary/aromatic N) is 2. The Labute approximate surface area is 161 Å². The van der Waals surface area contributed by atoms with E-state index in [4.69, 9.17) is 0 Å². The van der Waals surface area contributed by atoms with Gasteiger partial charge in [-0.1, -0.05) is 24.3 Å². The summed E-state index contributed by atoms with van der Waals surface area (Å²) >= 11 is 0. The average molecular weight is 401 g/mol. The first kappa shape index (κ1) is 21.0. The van der Waals surface area contributed by atoms with E-state index < -0.39 is 24.6 Å². The third kappa shape index (κ3) is 4.31. The van der Waals surface area contributed by atoms with Crippen LogP contribution >= 0.6 is 0 Å². The zero-order valence-electron chi connectivity index (χ0n) is 16.0. The fourth-order valence-electron chi connectivity index (χ4n) is 3.78. The molecule has 2 aliphatic heterocycles. The van der Waals surface area contributed by atoms with Gasteiger partial charge in [-0.2, -0.15) is 13.2 Å². The smallest absolute Gasteiger partial charge is 0.393 e. The van der Waals surface area contributed by atoms with E-state index in [-0.39, 0.29) is 36.6 Å². The topological polar surface area (TPSA) is 79.9 Å². The number of amides is 1. The first-order valence-corrected chi connectivity index (χ1v) is 9.14. The summed E-state index contributed by atoms with van der Waals surface area (Å²) in [5.41, 5.74) is 4.20. The van der Waals surface area contributed by atoms with Crippen LogP contribution in [0.4, 0.5) is 13.2 Å². The van der Waals surface area contributed by atoms with Gasteiger partial charge in [0, 0.05) is 6.04 Å². The number of fused-ring (bicyclic) bond motifs is 1. The molecule has 2 saturated heterocycles. The Hall–Kier alpha value is -1.72. The highest BCUT2D eigenvalue weighted by molar-refractivity contribution is 5.81. The zero-order valence-corrected chi connectivity index (χ0v) is 16.0. The molecule has 0 aliphatic carbocycles. The Bertz CT molecular complexity index is 697. The van der Waals surface area contributed by atoms with Crippen LogP contribution in [0.3, 0.4) is 0 Å². The van der Waals surface area contributed by atoms with Gasteiger partial charge < -0.3 is 10.4 Å². The van der Waals surface area contributed by atoms with Gasteiger partial charge in [-0.05, 0) is 32.1 Å². The number of carbonyl (C=O) groups is 1. The van der Waals surface area contributed by atoms with Crippen LogP contribution in [-0.4, -0.2) is 66.3 Å². The third-order valence-corrected chi connectivity index (χ3v) is 5.30. The molecular weight excluding hydrogens is 375 g/mol. The quantitative estimate of drug-likeness (QED) is 0.577. The number of carbonyl (C=O) groups excluding carboxylic acids is 1. The van der Waals surface area contributed by atoms with E-state index in [2.05, 4.69) is 16.1 Å². The minimum absolute atomic E-state index is 0.163. The van der Waals surface area contributed by atoms with Crippen LogP contribution in [0.15, 0.2) is 24.3 Å². The SMILES string of the molecule is CC(c1ccc(CC(F)(F)F)cc1)N1NC(CO)C2C(=O)NC(N(C)C)NC21. The number of benzene rings is 1. The molecule has 1 aromatic rings. The Morgan fingerprint density at radius 3 is 2.43 bits per heavy atom. The number of hydrazine groups is 1. The van der Waals surface area contributed by atoms with Crippen LogP contribution in [0.2, 0.25) is 0 Å². The largest absolute Gasteiger partial charge is 0.395 e. The molecule has 156 valence electrons. The second kappa shape index (κ2) is 7.96. The molecule has 2 fully saturated rings. The van der Waals surface area contributed by atoms with Crippen molar-refractivity contribution in [2.45, 2.75) is 44.1 Å². The molecule has 2 heterocycles. The maximum Gasteiger partial charge on any atom is 0.393 e. The number of nitrogens with one attached hydrogen (secondary N) is 3. The summed E-state index contributed by atoms with van der Waals surface area (Å²) in [6, 6.07) is 5.60. The second-order valence-electron chi connectivity index (χ2n) is 7.55. The van der Waals surface area contributed by atoms with Gasteiger partial charge in [0.15, 0.2) is 0 Å². The first-order valence-electron chi connectivity index (χ1n) is 9.14.